The van der Waals surface area contributed by atoms with Gasteiger partial charge < -0.3 is 9.47 Å². The second kappa shape index (κ2) is 7.84. The fraction of sp³-hybridized carbons (Fsp3) is 0.688. The smallest absolute Gasteiger partial charge is 0.182 e. The van der Waals surface area contributed by atoms with E-state index in [0.29, 0.717) is 0 Å². The molecule has 0 spiro atoms. The van der Waals surface area contributed by atoms with Crippen LogP contribution in [0.4, 0.5) is 0 Å². The molecule has 1 unspecified atom stereocenters. The van der Waals surface area contributed by atoms with Crippen LogP contribution in [0.1, 0.15) is 48.9 Å². The van der Waals surface area contributed by atoms with E-state index in [1.165, 1.54) is 6.42 Å². The van der Waals surface area contributed by atoms with E-state index in [-0.39, 0.29) is 5.78 Å². The lowest BCUT2D eigenvalue weighted by atomic mass is 10.1. The lowest BCUT2D eigenvalue weighted by Crippen LogP contribution is -2.28. The summed E-state index contributed by atoms with van der Waals surface area (Å²) in [4.78, 5) is 14.5. The zero-order valence-electron chi connectivity index (χ0n) is 13.4. The lowest BCUT2D eigenvalue weighted by molar-refractivity contribution is 0.0991. The van der Waals surface area contributed by atoms with Crippen molar-refractivity contribution >= 4 is 17.4 Å². The highest BCUT2D eigenvalue weighted by Gasteiger charge is 2.19. The largest absolute Gasteiger partial charge is 0.347 e. The second-order valence-corrected chi connectivity index (χ2v) is 6.01. The molecule has 1 aromatic heterocycles. The highest BCUT2D eigenvalue weighted by molar-refractivity contribution is 6.33. The number of rotatable bonds is 8. The second-order valence-electron chi connectivity index (χ2n) is 5.35. The van der Waals surface area contributed by atoms with Crippen LogP contribution in [0, 0.1) is 13.8 Å². The van der Waals surface area contributed by atoms with Crippen LogP contribution in [0.15, 0.2) is 6.07 Å². The summed E-state index contributed by atoms with van der Waals surface area (Å²) in [5.74, 6) is 0.0203. The van der Waals surface area contributed by atoms with E-state index in [0.717, 1.165) is 43.1 Å². The number of hydrogen-bond donors (Lipinski definition) is 0. The lowest BCUT2D eigenvalue weighted by Gasteiger charge is -2.21. The van der Waals surface area contributed by atoms with Crippen molar-refractivity contribution < 1.29 is 4.79 Å². The molecule has 0 N–H and O–H groups in total. The van der Waals surface area contributed by atoms with Crippen molar-refractivity contribution in [1.29, 1.82) is 0 Å². The molecule has 0 aromatic carbocycles. The molecule has 4 heteroatoms. The van der Waals surface area contributed by atoms with Gasteiger partial charge >= 0.3 is 0 Å². The Hall–Kier alpha value is -0.800. The molecule has 0 saturated carbocycles. The van der Waals surface area contributed by atoms with E-state index in [2.05, 4.69) is 30.2 Å². The van der Waals surface area contributed by atoms with Gasteiger partial charge in [-0.1, -0.05) is 13.8 Å². The van der Waals surface area contributed by atoms with Crippen molar-refractivity contribution in [3.05, 3.63) is 23.0 Å². The van der Waals surface area contributed by atoms with E-state index in [1.807, 2.05) is 13.0 Å². The summed E-state index contributed by atoms with van der Waals surface area (Å²) in [7, 11) is 0. The van der Waals surface area contributed by atoms with Crippen LogP contribution in [0.5, 0.6) is 0 Å². The van der Waals surface area contributed by atoms with Gasteiger partial charge in [-0.25, -0.2) is 0 Å². The molecular formula is C16H27ClN2O. The van der Waals surface area contributed by atoms with E-state index < -0.39 is 5.38 Å². The van der Waals surface area contributed by atoms with Crippen molar-refractivity contribution in [2.45, 2.75) is 53.0 Å². The number of aryl methyl sites for hydroxylation is 1. The number of alkyl halides is 1. The minimum Gasteiger partial charge on any atom is -0.347 e. The summed E-state index contributed by atoms with van der Waals surface area (Å²) < 4.78 is 2.23. The molecular weight excluding hydrogens is 272 g/mol. The SMILES string of the molecule is CCCN(CC)CCn1c(C)cc(C(=O)C(C)Cl)c1C. The van der Waals surface area contributed by atoms with Gasteiger partial charge in [-0.15, -0.1) is 11.6 Å². The third-order valence-corrected chi connectivity index (χ3v) is 4.03. The number of likely N-dealkylation sites (N-methyl/N-ethyl adjacent to an activating group) is 1. The third kappa shape index (κ3) is 4.10. The topological polar surface area (TPSA) is 25.2 Å². The fourth-order valence-electron chi connectivity index (χ4n) is 2.59. The van der Waals surface area contributed by atoms with Crippen LogP contribution >= 0.6 is 11.6 Å². The van der Waals surface area contributed by atoms with Crippen LogP contribution in [0.2, 0.25) is 0 Å². The number of carbonyl (C=O) groups is 1. The van der Waals surface area contributed by atoms with E-state index in [9.17, 15) is 4.79 Å². The molecule has 3 nitrogen and oxygen atoms in total. The maximum atomic E-state index is 12.1. The van der Waals surface area contributed by atoms with Crippen molar-refractivity contribution in [3.8, 4) is 0 Å². The zero-order chi connectivity index (χ0) is 15.3. The Kier molecular flexibility index (Phi) is 6.77. The predicted molar refractivity (Wildman–Crippen MR) is 86.0 cm³/mol. The first-order valence-corrected chi connectivity index (χ1v) is 7.93. The Balaban J connectivity index is 2.84. The van der Waals surface area contributed by atoms with Gasteiger partial charge in [0.25, 0.3) is 0 Å². The van der Waals surface area contributed by atoms with E-state index in [4.69, 9.17) is 11.6 Å². The average Bonchev–Trinajstić information content (AvgIpc) is 2.69. The Bertz CT molecular complexity index is 452. The van der Waals surface area contributed by atoms with Crippen molar-refractivity contribution in [1.82, 2.24) is 9.47 Å². The van der Waals surface area contributed by atoms with Gasteiger partial charge in [0.15, 0.2) is 5.78 Å². The highest BCUT2D eigenvalue weighted by atomic mass is 35.5. The number of Topliss-reactive ketones (excluding diaryl/α,β-unsaturated/α-hetero) is 1. The zero-order valence-corrected chi connectivity index (χ0v) is 14.1. The average molecular weight is 299 g/mol. The number of nitrogens with zero attached hydrogens (tertiary/aromatic N) is 2. The normalized spacial score (nSPS) is 12.9. The summed E-state index contributed by atoms with van der Waals surface area (Å²) in [6.45, 7) is 14.3. The summed E-state index contributed by atoms with van der Waals surface area (Å²) >= 11 is 5.92. The molecule has 0 saturated heterocycles. The number of hydrogen-bond acceptors (Lipinski definition) is 2. The van der Waals surface area contributed by atoms with Gasteiger partial charge in [-0.3, -0.25) is 4.79 Å². The third-order valence-electron chi connectivity index (χ3n) is 3.83. The summed E-state index contributed by atoms with van der Waals surface area (Å²) in [6.07, 6.45) is 1.17. The molecule has 0 fully saturated rings. The summed E-state index contributed by atoms with van der Waals surface area (Å²) in [6, 6.07) is 1.96. The first-order chi connectivity index (χ1) is 9.42. The standard InChI is InChI=1S/C16H27ClN2O/c1-6-8-18(7-2)9-10-19-12(3)11-15(14(19)5)16(20)13(4)17/h11,13H,6-10H2,1-5H3. The first-order valence-electron chi connectivity index (χ1n) is 7.49. The maximum absolute atomic E-state index is 12.1. The maximum Gasteiger partial charge on any atom is 0.182 e. The van der Waals surface area contributed by atoms with Crippen LogP contribution in [0.3, 0.4) is 0 Å². The summed E-state index contributed by atoms with van der Waals surface area (Å²) in [5.41, 5.74) is 2.94. The summed E-state index contributed by atoms with van der Waals surface area (Å²) in [5, 5.41) is -0.462. The fourth-order valence-corrected chi connectivity index (χ4v) is 2.71. The Morgan fingerprint density at radius 1 is 1.35 bits per heavy atom. The minimum absolute atomic E-state index is 0.0203. The van der Waals surface area contributed by atoms with E-state index >= 15 is 0 Å². The number of ketones is 1. The van der Waals surface area contributed by atoms with Crippen molar-refractivity contribution in [2.75, 3.05) is 19.6 Å². The minimum atomic E-state index is -0.462. The van der Waals surface area contributed by atoms with Crippen LogP contribution in [-0.4, -0.2) is 40.3 Å². The molecule has 0 amide bonds. The van der Waals surface area contributed by atoms with E-state index in [1.54, 1.807) is 6.92 Å². The van der Waals surface area contributed by atoms with Crippen molar-refractivity contribution in [3.63, 3.8) is 0 Å². The number of halogens is 1. The van der Waals surface area contributed by atoms with Crippen LogP contribution in [0.25, 0.3) is 0 Å². The van der Waals surface area contributed by atoms with Gasteiger partial charge in [0.1, 0.15) is 0 Å². The number of carbonyl (C=O) groups excluding carboxylic acids is 1. The molecule has 1 heterocycles. The van der Waals surface area contributed by atoms with Gasteiger partial charge in [0.05, 0.1) is 5.38 Å². The molecule has 0 aliphatic carbocycles. The molecule has 0 radical (unpaired) electrons. The molecule has 0 bridgehead atoms. The van der Waals surface area contributed by atoms with Crippen molar-refractivity contribution in [2.24, 2.45) is 0 Å². The molecule has 1 rings (SSSR count). The Labute approximate surface area is 127 Å². The predicted octanol–water partition coefficient (Wildman–Crippen LogP) is 3.65. The monoisotopic (exact) mass is 298 g/mol. The molecule has 1 atom stereocenters. The number of aromatic nitrogens is 1. The molecule has 0 aliphatic rings. The Morgan fingerprint density at radius 2 is 2.00 bits per heavy atom. The molecule has 1 aromatic rings. The molecule has 114 valence electrons. The van der Waals surface area contributed by atoms with Gasteiger partial charge in [0.2, 0.25) is 0 Å². The Morgan fingerprint density at radius 3 is 2.50 bits per heavy atom. The quantitative estimate of drug-likeness (QED) is 0.541. The van der Waals surface area contributed by atoms with Crippen LogP contribution < -0.4 is 0 Å². The molecule has 20 heavy (non-hydrogen) atoms. The van der Waals surface area contributed by atoms with Crippen LogP contribution in [-0.2, 0) is 6.54 Å². The molecule has 0 aliphatic heterocycles. The van der Waals surface area contributed by atoms with Gasteiger partial charge in [-0.05, 0) is 46.3 Å². The highest BCUT2D eigenvalue weighted by Crippen LogP contribution is 2.18. The first kappa shape index (κ1) is 17.3. The van der Waals surface area contributed by atoms with Gasteiger partial charge in [0, 0.05) is 30.0 Å². The van der Waals surface area contributed by atoms with Gasteiger partial charge in [-0.2, -0.15) is 0 Å².